The van der Waals surface area contributed by atoms with Gasteiger partial charge in [0.25, 0.3) is 11.8 Å². The first kappa shape index (κ1) is 19.0. The molecule has 0 spiro atoms. The average Bonchev–Trinajstić information content (AvgIpc) is 2.61. The second-order valence-electron chi connectivity index (χ2n) is 5.32. The van der Waals surface area contributed by atoms with Crippen LogP contribution in [0.25, 0.3) is 0 Å². The van der Waals surface area contributed by atoms with Gasteiger partial charge in [0.1, 0.15) is 11.5 Å². The Balaban J connectivity index is 1.91. The molecule has 0 saturated carbocycles. The molecule has 2 amide bonds. The predicted octanol–water partition coefficient (Wildman–Crippen LogP) is 2.84. The van der Waals surface area contributed by atoms with E-state index in [0.717, 1.165) is 9.13 Å². The molecule has 0 aliphatic rings. The number of hydrogen-bond donors (Lipinski definition) is 2. The summed E-state index contributed by atoms with van der Waals surface area (Å²) in [5, 5.41) is 0. The number of para-hydroxylation sites is 1. The fraction of sp³-hybridized carbons (Fsp3) is 0.222. The molecular formula is C18H19IN2O4. The minimum Gasteiger partial charge on any atom is -0.496 e. The SMILES string of the molecule is COc1ccc(C(=O)NNC(=O)C(C)Oc2ccccc2C)cc1I. The molecule has 132 valence electrons. The van der Waals surface area contributed by atoms with E-state index in [-0.39, 0.29) is 0 Å². The maximum absolute atomic E-state index is 12.1. The van der Waals surface area contributed by atoms with E-state index in [1.165, 1.54) is 0 Å². The Hall–Kier alpha value is -2.29. The van der Waals surface area contributed by atoms with Crippen molar-refractivity contribution in [2.45, 2.75) is 20.0 Å². The van der Waals surface area contributed by atoms with E-state index in [1.807, 2.05) is 25.1 Å². The van der Waals surface area contributed by atoms with Gasteiger partial charge in [0, 0.05) is 5.56 Å². The van der Waals surface area contributed by atoms with Crippen LogP contribution in [0.4, 0.5) is 0 Å². The normalized spacial score (nSPS) is 11.4. The van der Waals surface area contributed by atoms with Gasteiger partial charge in [-0.1, -0.05) is 18.2 Å². The van der Waals surface area contributed by atoms with Crippen LogP contribution in [-0.2, 0) is 4.79 Å². The first-order valence-electron chi connectivity index (χ1n) is 7.58. The number of methoxy groups -OCH3 is 1. The van der Waals surface area contributed by atoms with E-state index >= 15 is 0 Å². The lowest BCUT2D eigenvalue weighted by atomic mass is 10.2. The maximum atomic E-state index is 12.1. The summed E-state index contributed by atoms with van der Waals surface area (Å²) in [6.07, 6.45) is -0.752. The average molecular weight is 454 g/mol. The van der Waals surface area contributed by atoms with Crippen molar-refractivity contribution in [3.05, 3.63) is 57.2 Å². The highest BCUT2D eigenvalue weighted by Gasteiger charge is 2.17. The summed E-state index contributed by atoms with van der Waals surface area (Å²) in [6, 6.07) is 12.4. The van der Waals surface area contributed by atoms with Gasteiger partial charge >= 0.3 is 0 Å². The second kappa shape index (κ2) is 8.70. The molecule has 0 heterocycles. The van der Waals surface area contributed by atoms with Gasteiger partial charge in [-0.25, -0.2) is 0 Å². The van der Waals surface area contributed by atoms with E-state index in [0.29, 0.717) is 17.1 Å². The zero-order valence-corrected chi connectivity index (χ0v) is 16.3. The van der Waals surface area contributed by atoms with Crippen LogP contribution in [0, 0.1) is 10.5 Å². The van der Waals surface area contributed by atoms with Crippen LogP contribution >= 0.6 is 22.6 Å². The third-order valence-electron chi connectivity index (χ3n) is 3.48. The Kier molecular flexibility index (Phi) is 6.63. The molecule has 0 bridgehead atoms. The van der Waals surface area contributed by atoms with E-state index < -0.39 is 17.9 Å². The molecule has 2 N–H and O–H groups in total. The first-order valence-corrected chi connectivity index (χ1v) is 8.66. The quantitative estimate of drug-likeness (QED) is 0.539. The highest BCUT2D eigenvalue weighted by Crippen LogP contribution is 2.21. The highest BCUT2D eigenvalue weighted by molar-refractivity contribution is 14.1. The largest absolute Gasteiger partial charge is 0.496 e. The van der Waals surface area contributed by atoms with Crippen molar-refractivity contribution in [1.82, 2.24) is 10.9 Å². The molecule has 0 saturated heterocycles. The number of amides is 2. The van der Waals surface area contributed by atoms with Crippen LogP contribution in [0.1, 0.15) is 22.8 Å². The van der Waals surface area contributed by atoms with Crippen molar-refractivity contribution in [2.24, 2.45) is 0 Å². The van der Waals surface area contributed by atoms with Crippen molar-refractivity contribution >= 4 is 34.4 Å². The molecule has 0 aromatic heterocycles. The Morgan fingerprint density at radius 2 is 1.80 bits per heavy atom. The zero-order valence-electron chi connectivity index (χ0n) is 14.1. The number of halogens is 1. The first-order chi connectivity index (χ1) is 11.9. The van der Waals surface area contributed by atoms with Crippen molar-refractivity contribution in [3.63, 3.8) is 0 Å². The van der Waals surface area contributed by atoms with Crippen molar-refractivity contribution in [1.29, 1.82) is 0 Å². The van der Waals surface area contributed by atoms with Crippen molar-refractivity contribution in [3.8, 4) is 11.5 Å². The summed E-state index contributed by atoms with van der Waals surface area (Å²) >= 11 is 2.07. The summed E-state index contributed by atoms with van der Waals surface area (Å²) in [7, 11) is 1.56. The smallest absolute Gasteiger partial charge is 0.279 e. The van der Waals surface area contributed by atoms with Crippen LogP contribution in [0.5, 0.6) is 11.5 Å². The maximum Gasteiger partial charge on any atom is 0.279 e. The second-order valence-corrected chi connectivity index (χ2v) is 6.48. The van der Waals surface area contributed by atoms with E-state index in [1.54, 1.807) is 38.3 Å². The predicted molar refractivity (Wildman–Crippen MR) is 103 cm³/mol. The number of carbonyl (C=O) groups excluding carboxylic acids is 2. The molecule has 0 aliphatic heterocycles. The summed E-state index contributed by atoms with van der Waals surface area (Å²) in [5.41, 5.74) is 6.10. The summed E-state index contributed by atoms with van der Waals surface area (Å²) < 4.78 is 11.6. The molecular weight excluding hydrogens is 435 g/mol. The van der Waals surface area contributed by atoms with Gasteiger partial charge in [-0.2, -0.15) is 0 Å². The third kappa shape index (κ3) is 5.09. The van der Waals surface area contributed by atoms with Gasteiger partial charge in [-0.15, -0.1) is 0 Å². The molecule has 2 rings (SSSR count). The minimum absolute atomic E-state index is 0.415. The minimum atomic E-state index is -0.752. The topological polar surface area (TPSA) is 76.7 Å². The molecule has 2 aromatic carbocycles. The van der Waals surface area contributed by atoms with Crippen LogP contribution in [-0.4, -0.2) is 25.0 Å². The number of ether oxygens (including phenoxy) is 2. The van der Waals surface area contributed by atoms with Crippen LogP contribution in [0.2, 0.25) is 0 Å². The van der Waals surface area contributed by atoms with Gasteiger partial charge in [-0.3, -0.25) is 20.4 Å². The molecule has 0 fully saturated rings. The molecule has 0 radical (unpaired) electrons. The van der Waals surface area contributed by atoms with Crippen molar-refractivity contribution < 1.29 is 19.1 Å². The molecule has 0 aliphatic carbocycles. The fourth-order valence-corrected chi connectivity index (χ4v) is 2.77. The van der Waals surface area contributed by atoms with E-state index in [4.69, 9.17) is 9.47 Å². The molecule has 2 aromatic rings. The summed E-state index contributed by atoms with van der Waals surface area (Å²) in [4.78, 5) is 24.2. The van der Waals surface area contributed by atoms with Gasteiger partial charge < -0.3 is 9.47 Å². The number of rotatable bonds is 5. The Bertz CT molecular complexity index is 779. The number of aryl methyl sites for hydroxylation is 1. The molecule has 6 nitrogen and oxygen atoms in total. The number of hydrogen-bond acceptors (Lipinski definition) is 4. The standard InChI is InChI=1S/C18H19IN2O4/c1-11-6-4-5-7-15(11)25-12(2)17(22)20-21-18(23)13-8-9-16(24-3)14(19)10-13/h4-10,12H,1-3H3,(H,20,22)(H,21,23). The van der Waals surface area contributed by atoms with Gasteiger partial charge in [0.05, 0.1) is 10.7 Å². The lowest BCUT2D eigenvalue weighted by Crippen LogP contribution is -2.47. The molecule has 25 heavy (non-hydrogen) atoms. The molecule has 1 unspecified atom stereocenters. The lowest BCUT2D eigenvalue weighted by Gasteiger charge is -2.16. The summed E-state index contributed by atoms with van der Waals surface area (Å²) in [6.45, 7) is 3.51. The Morgan fingerprint density at radius 1 is 1.08 bits per heavy atom. The highest BCUT2D eigenvalue weighted by atomic mass is 127. The van der Waals surface area contributed by atoms with E-state index in [9.17, 15) is 9.59 Å². The van der Waals surface area contributed by atoms with Gasteiger partial charge in [0.15, 0.2) is 6.10 Å². The zero-order chi connectivity index (χ0) is 18.4. The van der Waals surface area contributed by atoms with Gasteiger partial charge in [-0.05, 0) is 66.3 Å². The van der Waals surface area contributed by atoms with Crippen molar-refractivity contribution in [2.75, 3.05) is 7.11 Å². The van der Waals surface area contributed by atoms with E-state index in [2.05, 4.69) is 33.4 Å². The van der Waals surface area contributed by atoms with Crippen LogP contribution < -0.4 is 20.3 Å². The number of benzene rings is 2. The fourth-order valence-electron chi connectivity index (χ4n) is 2.03. The van der Waals surface area contributed by atoms with Crippen LogP contribution in [0.3, 0.4) is 0 Å². The third-order valence-corrected chi connectivity index (χ3v) is 4.32. The van der Waals surface area contributed by atoms with Crippen LogP contribution in [0.15, 0.2) is 42.5 Å². The lowest BCUT2D eigenvalue weighted by molar-refractivity contribution is -0.128. The number of hydrazine groups is 1. The number of carbonyl (C=O) groups is 2. The Labute approximate surface area is 160 Å². The molecule has 7 heteroatoms. The number of nitrogens with one attached hydrogen (secondary N) is 2. The molecule has 1 atom stereocenters. The van der Waals surface area contributed by atoms with Gasteiger partial charge in [0.2, 0.25) is 0 Å². The Morgan fingerprint density at radius 3 is 2.44 bits per heavy atom. The monoisotopic (exact) mass is 454 g/mol. The summed E-state index contributed by atoms with van der Waals surface area (Å²) in [5.74, 6) is 0.444.